The summed E-state index contributed by atoms with van der Waals surface area (Å²) in [6.45, 7) is 2.48. The van der Waals surface area contributed by atoms with E-state index in [4.69, 9.17) is 10.5 Å². The number of methoxy groups -OCH3 is 1. The second-order valence-electron chi connectivity index (χ2n) is 4.83. The summed E-state index contributed by atoms with van der Waals surface area (Å²) in [5.41, 5.74) is 9.37. The fourth-order valence-corrected chi connectivity index (χ4v) is 2.30. The molecular weight excluding hydrogens is 268 g/mol. The van der Waals surface area contributed by atoms with E-state index in [1.807, 2.05) is 25.1 Å². The molecule has 0 bridgehead atoms. The van der Waals surface area contributed by atoms with Gasteiger partial charge in [0.1, 0.15) is 5.75 Å². The van der Waals surface area contributed by atoms with Crippen LogP contribution in [0.4, 0.5) is 5.69 Å². The normalized spacial score (nSPS) is 10.4. The van der Waals surface area contributed by atoms with Gasteiger partial charge < -0.3 is 10.5 Å². The molecule has 2 aromatic rings. The Bertz CT molecular complexity index is 669. The first kappa shape index (κ1) is 15.0. The predicted octanol–water partition coefficient (Wildman–Crippen LogP) is 3.08. The zero-order chi connectivity index (χ0) is 15.4. The van der Waals surface area contributed by atoms with Crippen molar-refractivity contribution in [3.8, 4) is 16.9 Å². The van der Waals surface area contributed by atoms with Crippen LogP contribution in [-0.2, 0) is 6.42 Å². The summed E-state index contributed by atoms with van der Waals surface area (Å²) in [5, 5.41) is 11.0. The maximum atomic E-state index is 11.0. The lowest BCUT2D eigenvalue weighted by Crippen LogP contribution is -2.03. The monoisotopic (exact) mass is 286 g/mol. The van der Waals surface area contributed by atoms with Crippen LogP contribution in [0.5, 0.6) is 5.75 Å². The molecule has 0 aliphatic rings. The summed E-state index contributed by atoms with van der Waals surface area (Å²) in [5.74, 6) is 0.694. The van der Waals surface area contributed by atoms with Gasteiger partial charge in [0.05, 0.1) is 12.0 Å². The third-order valence-corrected chi connectivity index (χ3v) is 3.42. The van der Waals surface area contributed by atoms with Gasteiger partial charge in [-0.05, 0) is 48.7 Å². The average molecular weight is 286 g/mol. The molecule has 0 amide bonds. The van der Waals surface area contributed by atoms with Crippen molar-refractivity contribution in [3.05, 3.63) is 57.6 Å². The molecule has 0 spiro atoms. The summed E-state index contributed by atoms with van der Waals surface area (Å²) in [6, 6.07) is 10.7. The summed E-state index contributed by atoms with van der Waals surface area (Å²) >= 11 is 0. The number of nitro groups is 1. The van der Waals surface area contributed by atoms with Crippen molar-refractivity contribution in [1.29, 1.82) is 0 Å². The van der Waals surface area contributed by atoms with Gasteiger partial charge in [0, 0.05) is 17.7 Å². The molecule has 0 heterocycles. The number of hydrogen-bond acceptors (Lipinski definition) is 4. The molecule has 0 fully saturated rings. The average Bonchev–Trinajstić information content (AvgIpc) is 2.47. The molecule has 0 atom stereocenters. The summed E-state index contributed by atoms with van der Waals surface area (Å²) in [7, 11) is 1.59. The quantitative estimate of drug-likeness (QED) is 0.676. The number of nitrogens with zero attached hydrogens (tertiary/aromatic N) is 1. The zero-order valence-electron chi connectivity index (χ0n) is 12.1. The van der Waals surface area contributed by atoms with Gasteiger partial charge in [0.15, 0.2) is 0 Å². The maximum Gasteiger partial charge on any atom is 0.270 e. The van der Waals surface area contributed by atoms with E-state index in [1.165, 1.54) is 6.07 Å². The second kappa shape index (κ2) is 6.37. The summed E-state index contributed by atoms with van der Waals surface area (Å²) in [6.07, 6.45) is 0.755. The molecular formula is C16H18N2O3. The van der Waals surface area contributed by atoms with Gasteiger partial charge in [-0.25, -0.2) is 0 Å². The van der Waals surface area contributed by atoms with E-state index in [1.54, 1.807) is 19.2 Å². The van der Waals surface area contributed by atoms with Crippen LogP contribution in [0, 0.1) is 17.0 Å². The lowest BCUT2D eigenvalue weighted by atomic mass is 9.96. The first-order valence-electron chi connectivity index (χ1n) is 6.69. The zero-order valence-corrected chi connectivity index (χ0v) is 12.1. The molecule has 2 rings (SSSR count). The van der Waals surface area contributed by atoms with Gasteiger partial charge in [-0.15, -0.1) is 0 Å². The first-order chi connectivity index (χ1) is 10.1. The third kappa shape index (κ3) is 3.20. The van der Waals surface area contributed by atoms with Crippen LogP contribution < -0.4 is 10.5 Å². The van der Waals surface area contributed by atoms with E-state index in [0.717, 1.165) is 28.7 Å². The van der Waals surface area contributed by atoms with E-state index in [-0.39, 0.29) is 10.6 Å². The highest BCUT2D eigenvalue weighted by Gasteiger charge is 2.14. The van der Waals surface area contributed by atoms with Crippen molar-refractivity contribution in [2.24, 2.45) is 5.73 Å². The first-order valence-corrected chi connectivity index (χ1v) is 6.69. The lowest BCUT2D eigenvalue weighted by Gasteiger charge is -2.13. The Labute approximate surface area is 123 Å². The molecule has 0 aliphatic carbocycles. The van der Waals surface area contributed by atoms with Gasteiger partial charge in [0.2, 0.25) is 0 Å². The minimum absolute atomic E-state index is 0.0712. The van der Waals surface area contributed by atoms with Gasteiger partial charge in [-0.3, -0.25) is 10.1 Å². The van der Waals surface area contributed by atoms with Gasteiger partial charge in [-0.1, -0.05) is 12.1 Å². The van der Waals surface area contributed by atoms with Crippen LogP contribution >= 0.6 is 0 Å². The van der Waals surface area contributed by atoms with Crippen LogP contribution in [0.15, 0.2) is 36.4 Å². The predicted molar refractivity (Wildman–Crippen MR) is 82.6 cm³/mol. The van der Waals surface area contributed by atoms with E-state index < -0.39 is 0 Å². The smallest absolute Gasteiger partial charge is 0.270 e. The van der Waals surface area contributed by atoms with Crippen molar-refractivity contribution in [3.63, 3.8) is 0 Å². The molecule has 5 nitrogen and oxygen atoms in total. The third-order valence-electron chi connectivity index (χ3n) is 3.42. The van der Waals surface area contributed by atoms with Crippen molar-refractivity contribution in [2.45, 2.75) is 13.3 Å². The second-order valence-corrected chi connectivity index (χ2v) is 4.83. The number of nitrogens with two attached hydrogens (primary N) is 1. The number of ether oxygens (including phenoxy) is 1. The Hall–Kier alpha value is -2.40. The Kier molecular flexibility index (Phi) is 4.55. The molecule has 0 aliphatic heterocycles. The summed E-state index contributed by atoms with van der Waals surface area (Å²) < 4.78 is 5.39. The fourth-order valence-electron chi connectivity index (χ4n) is 2.30. The maximum absolute atomic E-state index is 11.0. The summed E-state index contributed by atoms with van der Waals surface area (Å²) in [4.78, 5) is 10.6. The Balaban J connectivity index is 2.61. The van der Waals surface area contributed by atoms with Gasteiger partial charge in [0.25, 0.3) is 5.69 Å². The topological polar surface area (TPSA) is 78.4 Å². The van der Waals surface area contributed by atoms with Crippen molar-refractivity contribution in [2.75, 3.05) is 13.7 Å². The SMILES string of the molecule is COc1ccc(CCN)cc1-c1cc([N+](=O)[O-])ccc1C. The van der Waals surface area contributed by atoms with E-state index in [9.17, 15) is 10.1 Å². The fraction of sp³-hybridized carbons (Fsp3) is 0.250. The standard InChI is InChI=1S/C16H18N2O3/c1-11-3-5-13(18(19)20)10-14(11)15-9-12(7-8-17)4-6-16(15)21-2/h3-6,9-10H,7-8,17H2,1-2H3. The number of non-ortho nitro benzene ring substituents is 1. The molecule has 0 saturated carbocycles. The van der Waals surface area contributed by atoms with Crippen molar-refractivity contribution < 1.29 is 9.66 Å². The Morgan fingerprint density at radius 2 is 1.95 bits per heavy atom. The van der Waals surface area contributed by atoms with Crippen LogP contribution in [0.1, 0.15) is 11.1 Å². The van der Waals surface area contributed by atoms with Gasteiger partial charge >= 0.3 is 0 Å². The lowest BCUT2D eigenvalue weighted by molar-refractivity contribution is -0.384. The minimum Gasteiger partial charge on any atom is -0.496 e. The highest BCUT2D eigenvalue weighted by atomic mass is 16.6. The van der Waals surface area contributed by atoms with Crippen molar-refractivity contribution in [1.82, 2.24) is 0 Å². The number of aryl methyl sites for hydroxylation is 1. The van der Waals surface area contributed by atoms with Crippen LogP contribution in [0.25, 0.3) is 11.1 Å². The van der Waals surface area contributed by atoms with E-state index in [2.05, 4.69) is 0 Å². The molecule has 0 unspecified atom stereocenters. The van der Waals surface area contributed by atoms with E-state index in [0.29, 0.717) is 12.3 Å². The Morgan fingerprint density at radius 1 is 1.19 bits per heavy atom. The molecule has 110 valence electrons. The highest BCUT2D eigenvalue weighted by Crippen LogP contribution is 2.35. The molecule has 0 radical (unpaired) electrons. The molecule has 5 heteroatoms. The number of rotatable bonds is 5. The largest absolute Gasteiger partial charge is 0.496 e. The molecule has 2 aromatic carbocycles. The number of benzene rings is 2. The van der Waals surface area contributed by atoms with Crippen LogP contribution in [0.3, 0.4) is 0 Å². The number of nitro benzene ring substituents is 1. The van der Waals surface area contributed by atoms with E-state index >= 15 is 0 Å². The van der Waals surface area contributed by atoms with Crippen LogP contribution in [-0.4, -0.2) is 18.6 Å². The Morgan fingerprint density at radius 3 is 2.57 bits per heavy atom. The molecule has 21 heavy (non-hydrogen) atoms. The number of hydrogen-bond donors (Lipinski definition) is 1. The highest BCUT2D eigenvalue weighted by molar-refractivity contribution is 5.75. The minimum atomic E-state index is -0.390. The molecule has 2 N–H and O–H groups in total. The van der Waals surface area contributed by atoms with Gasteiger partial charge in [-0.2, -0.15) is 0 Å². The van der Waals surface area contributed by atoms with Crippen LogP contribution in [0.2, 0.25) is 0 Å². The molecule has 0 aromatic heterocycles. The van der Waals surface area contributed by atoms with Crippen molar-refractivity contribution >= 4 is 5.69 Å². The molecule has 0 saturated heterocycles.